The number of fused-ring (bicyclic) bond motifs is 1. The van der Waals surface area contributed by atoms with E-state index in [-0.39, 0.29) is 29.5 Å². The zero-order chi connectivity index (χ0) is 24.0. The highest BCUT2D eigenvalue weighted by molar-refractivity contribution is 5.97. The Morgan fingerprint density at radius 1 is 1.25 bits per heavy atom. The number of rotatable bonds is 5. The van der Waals surface area contributed by atoms with Gasteiger partial charge in [0.2, 0.25) is 5.88 Å². The molecule has 2 heterocycles. The summed E-state index contributed by atoms with van der Waals surface area (Å²) in [5.74, 6) is -1.21. The summed E-state index contributed by atoms with van der Waals surface area (Å²) < 4.78 is 7.75. The molecule has 0 unspecified atom stereocenters. The van der Waals surface area contributed by atoms with Gasteiger partial charge in [-0.3, -0.25) is 19.5 Å². The van der Waals surface area contributed by atoms with E-state index in [1.54, 1.807) is 20.8 Å². The highest BCUT2D eigenvalue weighted by atomic mass is 16.6. The normalized spacial score (nSPS) is 14.3. The maximum absolute atomic E-state index is 13.4. The first-order chi connectivity index (χ1) is 14.7. The summed E-state index contributed by atoms with van der Waals surface area (Å²) in [5, 5.41) is 20.4. The van der Waals surface area contributed by atoms with Gasteiger partial charge in [0.1, 0.15) is 5.60 Å². The van der Waals surface area contributed by atoms with Crippen molar-refractivity contribution in [1.29, 1.82) is 0 Å². The molecule has 0 bridgehead atoms. The maximum Gasteiger partial charge on any atom is 0.413 e. The first-order valence-electron chi connectivity index (χ1n) is 10.5. The summed E-state index contributed by atoms with van der Waals surface area (Å²) >= 11 is 0. The zero-order valence-electron chi connectivity index (χ0n) is 19.4. The van der Waals surface area contributed by atoms with Gasteiger partial charge in [0.05, 0.1) is 5.56 Å². The van der Waals surface area contributed by atoms with Crippen LogP contribution in [-0.2, 0) is 11.3 Å². The maximum atomic E-state index is 13.4. The summed E-state index contributed by atoms with van der Waals surface area (Å²) in [5.41, 5.74) is -1.58. The fraction of sp³-hybridized carbons (Fsp3) is 0.545. The van der Waals surface area contributed by atoms with Crippen molar-refractivity contribution in [3.05, 3.63) is 28.1 Å². The number of aromatic hydroxyl groups is 1. The van der Waals surface area contributed by atoms with Crippen molar-refractivity contribution in [2.45, 2.75) is 72.6 Å². The molecule has 2 aromatic rings. The molecule has 10 nitrogen and oxygen atoms in total. The lowest BCUT2D eigenvalue weighted by Crippen LogP contribution is -2.37. The SMILES string of the molecule is C=Cc1c(NC(=O)OC(C)(C)C)nn2c(O)c(C(=O)NC3CC3)c(=O)n(CC(C)(C)C)c12. The minimum Gasteiger partial charge on any atom is -0.492 e. The van der Waals surface area contributed by atoms with E-state index >= 15 is 0 Å². The Balaban J connectivity index is 2.22. The van der Waals surface area contributed by atoms with Gasteiger partial charge in [0, 0.05) is 12.6 Å². The van der Waals surface area contributed by atoms with Gasteiger partial charge in [0.25, 0.3) is 11.5 Å². The van der Waals surface area contributed by atoms with Crippen molar-refractivity contribution in [3.63, 3.8) is 0 Å². The van der Waals surface area contributed by atoms with Gasteiger partial charge in [-0.05, 0) is 39.0 Å². The quantitative estimate of drug-likeness (QED) is 0.649. The van der Waals surface area contributed by atoms with Crippen molar-refractivity contribution < 1.29 is 19.4 Å². The number of aromatic nitrogens is 3. The lowest BCUT2D eigenvalue weighted by molar-refractivity contribution is 0.0635. The molecule has 0 saturated heterocycles. The van der Waals surface area contributed by atoms with E-state index in [0.29, 0.717) is 5.56 Å². The topological polar surface area (TPSA) is 127 Å². The summed E-state index contributed by atoms with van der Waals surface area (Å²) in [6.45, 7) is 15.0. The third-order valence-corrected chi connectivity index (χ3v) is 4.63. The number of hydrogen-bond donors (Lipinski definition) is 3. The Hall–Kier alpha value is -3.30. The molecular weight excluding hydrogens is 414 g/mol. The van der Waals surface area contributed by atoms with Crippen molar-refractivity contribution in [3.8, 4) is 5.88 Å². The molecule has 174 valence electrons. The van der Waals surface area contributed by atoms with Gasteiger partial charge in [-0.25, -0.2) is 4.79 Å². The Bertz CT molecular complexity index is 1140. The molecule has 32 heavy (non-hydrogen) atoms. The average Bonchev–Trinajstić information content (AvgIpc) is 3.35. The predicted octanol–water partition coefficient (Wildman–Crippen LogP) is 3.13. The van der Waals surface area contributed by atoms with Gasteiger partial charge < -0.3 is 15.2 Å². The van der Waals surface area contributed by atoms with Gasteiger partial charge >= 0.3 is 6.09 Å². The molecule has 0 spiro atoms. The summed E-state index contributed by atoms with van der Waals surface area (Å²) in [4.78, 5) is 38.5. The number of hydrogen-bond acceptors (Lipinski definition) is 6. The molecule has 1 aliphatic carbocycles. The number of carbonyl (C=O) groups excluding carboxylic acids is 2. The molecule has 1 fully saturated rings. The van der Waals surface area contributed by atoms with Crippen molar-refractivity contribution in [2.24, 2.45) is 5.41 Å². The van der Waals surface area contributed by atoms with E-state index in [2.05, 4.69) is 22.3 Å². The number of carbonyl (C=O) groups is 2. The fourth-order valence-electron chi connectivity index (χ4n) is 3.25. The number of ether oxygens (including phenoxy) is 1. The smallest absolute Gasteiger partial charge is 0.413 e. The molecule has 1 aliphatic rings. The van der Waals surface area contributed by atoms with E-state index in [0.717, 1.165) is 17.4 Å². The Kier molecular flexibility index (Phi) is 5.84. The van der Waals surface area contributed by atoms with Crippen LogP contribution in [-0.4, -0.2) is 42.9 Å². The third kappa shape index (κ3) is 4.95. The summed E-state index contributed by atoms with van der Waals surface area (Å²) in [7, 11) is 0. The number of amides is 2. The van der Waals surface area contributed by atoms with Gasteiger partial charge in [0.15, 0.2) is 17.0 Å². The summed E-state index contributed by atoms with van der Waals surface area (Å²) in [6.07, 6.45) is 2.34. The highest BCUT2D eigenvalue weighted by Gasteiger charge is 2.32. The van der Waals surface area contributed by atoms with E-state index in [1.165, 1.54) is 10.6 Å². The first-order valence-corrected chi connectivity index (χ1v) is 10.5. The van der Waals surface area contributed by atoms with E-state index in [9.17, 15) is 19.5 Å². The van der Waals surface area contributed by atoms with Crippen LogP contribution in [0.15, 0.2) is 11.4 Å². The Morgan fingerprint density at radius 2 is 1.88 bits per heavy atom. The molecule has 2 amide bonds. The molecular formula is C22H31N5O5. The van der Waals surface area contributed by atoms with Crippen LogP contribution in [0.25, 0.3) is 11.7 Å². The standard InChI is InChI=1S/C22H31N5O5/c1-8-13-15(24-20(31)32-22(5,6)7)25-27-17(13)26(11-21(2,3)4)18(29)14(19(27)30)16(28)23-12-9-10-12/h8,12,30H,1,9-11H2,2-7H3,(H,23,28)(H,24,25,31). The molecule has 0 radical (unpaired) electrons. The van der Waals surface area contributed by atoms with Crippen LogP contribution in [0, 0.1) is 5.41 Å². The van der Waals surface area contributed by atoms with Crippen LogP contribution in [0.1, 0.15) is 70.3 Å². The molecule has 3 rings (SSSR count). The summed E-state index contributed by atoms with van der Waals surface area (Å²) in [6, 6.07) is -0.00110. The van der Waals surface area contributed by atoms with Crippen molar-refractivity contribution in [1.82, 2.24) is 19.5 Å². The number of nitrogens with one attached hydrogen (secondary N) is 2. The lowest BCUT2D eigenvalue weighted by atomic mass is 9.96. The Labute approximate surface area is 186 Å². The van der Waals surface area contributed by atoms with Crippen LogP contribution in [0.3, 0.4) is 0 Å². The van der Waals surface area contributed by atoms with Gasteiger partial charge in [-0.15, -0.1) is 5.10 Å². The third-order valence-electron chi connectivity index (χ3n) is 4.63. The monoisotopic (exact) mass is 445 g/mol. The minimum atomic E-state index is -0.750. The highest BCUT2D eigenvalue weighted by Crippen LogP contribution is 2.29. The molecule has 10 heteroatoms. The number of anilines is 1. The second kappa shape index (κ2) is 7.99. The van der Waals surface area contributed by atoms with Crippen LogP contribution in [0.5, 0.6) is 5.88 Å². The van der Waals surface area contributed by atoms with E-state index in [1.807, 2.05) is 20.8 Å². The predicted molar refractivity (Wildman–Crippen MR) is 121 cm³/mol. The fourth-order valence-corrected chi connectivity index (χ4v) is 3.25. The van der Waals surface area contributed by atoms with Gasteiger partial charge in [-0.2, -0.15) is 4.52 Å². The van der Waals surface area contributed by atoms with E-state index in [4.69, 9.17) is 4.74 Å². The Morgan fingerprint density at radius 3 is 2.38 bits per heavy atom. The second-order valence-corrected chi connectivity index (χ2v) is 10.2. The molecule has 0 aromatic carbocycles. The van der Waals surface area contributed by atoms with Crippen LogP contribution < -0.4 is 16.2 Å². The number of nitrogens with zero attached hydrogens (tertiary/aromatic N) is 3. The first kappa shape index (κ1) is 23.4. The lowest BCUT2D eigenvalue weighted by Gasteiger charge is -2.22. The van der Waals surface area contributed by atoms with Gasteiger partial charge in [-0.1, -0.05) is 33.4 Å². The molecule has 3 N–H and O–H groups in total. The minimum absolute atomic E-state index is 0.00110. The molecule has 2 aromatic heterocycles. The van der Waals surface area contributed by atoms with Crippen LogP contribution in [0.4, 0.5) is 10.6 Å². The average molecular weight is 446 g/mol. The van der Waals surface area contributed by atoms with Crippen molar-refractivity contribution >= 4 is 29.5 Å². The van der Waals surface area contributed by atoms with Crippen molar-refractivity contribution in [2.75, 3.05) is 5.32 Å². The molecule has 0 aliphatic heterocycles. The van der Waals surface area contributed by atoms with E-state index < -0.39 is 34.6 Å². The van der Waals surface area contributed by atoms with Crippen LogP contribution >= 0.6 is 0 Å². The second-order valence-electron chi connectivity index (χ2n) is 10.2. The van der Waals surface area contributed by atoms with Crippen LogP contribution in [0.2, 0.25) is 0 Å². The molecule has 0 atom stereocenters. The zero-order valence-corrected chi connectivity index (χ0v) is 19.4. The molecule has 1 saturated carbocycles. The largest absolute Gasteiger partial charge is 0.492 e.